The van der Waals surface area contributed by atoms with Crippen LogP contribution in [0.4, 0.5) is 5.69 Å². The topological polar surface area (TPSA) is 21.3 Å². The molecular weight excluding hydrogens is 306 g/mol. The molecule has 2 nitrogen and oxygen atoms in total. The number of hydrogen-bond donors (Lipinski definition) is 1. The first-order chi connectivity index (χ1) is 12.0. The first-order valence-corrected chi connectivity index (χ1v) is 8.67. The van der Waals surface area contributed by atoms with Crippen molar-refractivity contribution in [2.45, 2.75) is 32.7 Å². The Bertz CT molecular complexity index is 802. The van der Waals surface area contributed by atoms with Crippen molar-refractivity contribution in [1.82, 2.24) is 0 Å². The highest BCUT2D eigenvalue weighted by molar-refractivity contribution is 5.49. The van der Waals surface area contributed by atoms with E-state index in [4.69, 9.17) is 4.74 Å². The van der Waals surface area contributed by atoms with Crippen LogP contribution in [0, 0.1) is 0 Å². The van der Waals surface area contributed by atoms with E-state index in [2.05, 4.69) is 56.4 Å². The lowest BCUT2D eigenvalue weighted by Gasteiger charge is -2.19. The minimum Gasteiger partial charge on any atom is -0.457 e. The average Bonchev–Trinajstić information content (AvgIpc) is 2.61. The van der Waals surface area contributed by atoms with Crippen LogP contribution in [0.1, 0.15) is 31.9 Å². The van der Waals surface area contributed by atoms with Crippen molar-refractivity contribution in [3.05, 3.63) is 90.0 Å². The summed E-state index contributed by atoms with van der Waals surface area (Å²) in [5.41, 5.74) is 3.86. The molecule has 0 amide bonds. The maximum atomic E-state index is 5.88. The van der Waals surface area contributed by atoms with Crippen LogP contribution in [0.15, 0.2) is 78.9 Å². The summed E-state index contributed by atoms with van der Waals surface area (Å²) >= 11 is 0. The first-order valence-electron chi connectivity index (χ1n) is 8.67. The van der Waals surface area contributed by atoms with Gasteiger partial charge in [0.15, 0.2) is 0 Å². The average molecular weight is 331 g/mol. The number of anilines is 1. The van der Waals surface area contributed by atoms with Crippen molar-refractivity contribution in [3.63, 3.8) is 0 Å². The number of rotatable bonds is 5. The van der Waals surface area contributed by atoms with Crippen LogP contribution >= 0.6 is 0 Å². The summed E-state index contributed by atoms with van der Waals surface area (Å²) in [4.78, 5) is 0. The van der Waals surface area contributed by atoms with Crippen molar-refractivity contribution >= 4 is 5.69 Å². The summed E-state index contributed by atoms with van der Waals surface area (Å²) in [6.45, 7) is 7.49. The quantitative estimate of drug-likeness (QED) is 0.585. The number of nitrogens with one attached hydrogen (secondary N) is 1. The zero-order chi connectivity index (χ0) is 17.7. The molecule has 0 aliphatic carbocycles. The molecule has 3 aromatic carbocycles. The lowest BCUT2D eigenvalue weighted by Crippen LogP contribution is -2.11. The highest BCUT2D eigenvalue weighted by Crippen LogP contribution is 2.25. The van der Waals surface area contributed by atoms with Crippen LogP contribution < -0.4 is 10.1 Å². The lowest BCUT2D eigenvalue weighted by molar-refractivity contribution is 0.483. The highest BCUT2D eigenvalue weighted by atomic mass is 16.5. The summed E-state index contributed by atoms with van der Waals surface area (Å²) < 4.78 is 5.88. The van der Waals surface area contributed by atoms with E-state index in [0.29, 0.717) is 0 Å². The van der Waals surface area contributed by atoms with Crippen molar-refractivity contribution in [3.8, 4) is 11.5 Å². The monoisotopic (exact) mass is 331 g/mol. The molecule has 0 saturated carbocycles. The standard InChI is InChI=1S/C23H25NO/c1-23(2,3)19-14-12-18(13-15-19)17-24-20-8-7-11-22(16-20)25-21-9-5-4-6-10-21/h4-16,24H,17H2,1-3H3. The molecule has 25 heavy (non-hydrogen) atoms. The fourth-order valence-electron chi connectivity index (χ4n) is 2.62. The smallest absolute Gasteiger partial charge is 0.129 e. The Morgan fingerprint density at radius 1 is 0.760 bits per heavy atom. The number of para-hydroxylation sites is 1. The van der Waals surface area contributed by atoms with E-state index in [0.717, 1.165) is 23.7 Å². The predicted molar refractivity (Wildman–Crippen MR) is 105 cm³/mol. The molecule has 0 atom stereocenters. The van der Waals surface area contributed by atoms with Crippen molar-refractivity contribution in [2.75, 3.05) is 5.32 Å². The fourth-order valence-corrected chi connectivity index (χ4v) is 2.62. The van der Waals surface area contributed by atoms with Gasteiger partial charge in [0.25, 0.3) is 0 Å². The Hall–Kier alpha value is -2.74. The maximum absolute atomic E-state index is 5.88. The molecule has 0 unspecified atom stereocenters. The second-order valence-electron chi connectivity index (χ2n) is 7.24. The molecule has 0 saturated heterocycles. The minimum absolute atomic E-state index is 0.190. The number of hydrogen-bond acceptors (Lipinski definition) is 2. The van der Waals surface area contributed by atoms with Gasteiger partial charge in [-0.15, -0.1) is 0 Å². The van der Waals surface area contributed by atoms with E-state index in [1.807, 2.05) is 48.5 Å². The first kappa shape index (κ1) is 17.1. The maximum Gasteiger partial charge on any atom is 0.129 e. The molecule has 0 fully saturated rings. The van der Waals surface area contributed by atoms with Gasteiger partial charge in [0, 0.05) is 18.3 Å². The van der Waals surface area contributed by atoms with Crippen LogP contribution in [-0.2, 0) is 12.0 Å². The third kappa shape index (κ3) is 4.87. The van der Waals surface area contributed by atoms with Gasteiger partial charge in [-0.2, -0.15) is 0 Å². The van der Waals surface area contributed by atoms with Gasteiger partial charge >= 0.3 is 0 Å². The van der Waals surface area contributed by atoms with Gasteiger partial charge in [0.05, 0.1) is 0 Å². The molecule has 0 bridgehead atoms. The molecule has 2 heteroatoms. The molecule has 0 spiro atoms. The van der Waals surface area contributed by atoms with E-state index in [9.17, 15) is 0 Å². The van der Waals surface area contributed by atoms with Crippen LogP contribution in [0.2, 0.25) is 0 Å². The van der Waals surface area contributed by atoms with E-state index >= 15 is 0 Å². The molecule has 3 rings (SSSR count). The molecule has 0 aliphatic heterocycles. The van der Waals surface area contributed by atoms with Gasteiger partial charge in [-0.3, -0.25) is 0 Å². The van der Waals surface area contributed by atoms with Gasteiger partial charge in [0.1, 0.15) is 11.5 Å². The Morgan fingerprint density at radius 2 is 1.44 bits per heavy atom. The van der Waals surface area contributed by atoms with E-state index in [-0.39, 0.29) is 5.41 Å². The Morgan fingerprint density at radius 3 is 2.12 bits per heavy atom. The Labute approximate surface area is 150 Å². The zero-order valence-corrected chi connectivity index (χ0v) is 15.1. The second-order valence-corrected chi connectivity index (χ2v) is 7.24. The van der Waals surface area contributed by atoms with Crippen molar-refractivity contribution in [1.29, 1.82) is 0 Å². The molecule has 1 N–H and O–H groups in total. The van der Waals surface area contributed by atoms with Gasteiger partial charge in [-0.25, -0.2) is 0 Å². The minimum atomic E-state index is 0.190. The summed E-state index contributed by atoms with van der Waals surface area (Å²) in [6.07, 6.45) is 0. The number of ether oxygens (including phenoxy) is 1. The largest absolute Gasteiger partial charge is 0.457 e. The summed E-state index contributed by atoms with van der Waals surface area (Å²) in [6, 6.07) is 26.7. The summed E-state index contributed by atoms with van der Waals surface area (Å²) in [7, 11) is 0. The molecule has 0 radical (unpaired) electrons. The van der Waals surface area contributed by atoms with Crippen LogP contribution in [0.5, 0.6) is 11.5 Å². The summed E-state index contributed by atoms with van der Waals surface area (Å²) in [5, 5.41) is 3.47. The highest BCUT2D eigenvalue weighted by Gasteiger charge is 2.12. The summed E-state index contributed by atoms with van der Waals surface area (Å²) in [5.74, 6) is 1.68. The second kappa shape index (κ2) is 7.43. The van der Waals surface area contributed by atoms with Crippen LogP contribution in [0.3, 0.4) is 0 Å². The predicted octanol–water partition coefficient (Wildman–Crippen LogP) is 6.39. The molecular formula is C23H25NO. The lowest BCUT2D eigenvalue weighted by atomic mass is 9.87. The third-order valence-electron chi connectivity index (χ3n) is 4.13. The fraction of sp³-hybridized carbons (Fsp3) is 0.217. The van der Waals surface area contributed by atoms with Gasteiger partial charge in [0.2, 0.25) is 0 Å². The SMILES string of the molecule is CC(C)(C)c1ccc(CNc2cccc(Oc3ccccc3)c2)cc1. The van der Waals surface area contributed by atoms with Gasteiger partial charge in [-0.1, -0.05) is 69.3 Å². The molecule has 0 aromatic heterocycles. The zero-order valence-electron chi connectivity index (χ0n) is 15.1. The van der Waals surface area contributed by atoms with Crippen molar-refractivity contribution in [2.24, 2.45) is 0 Å². The van der Waals surface area contributed by atoms with E-state index in [1.54, 1.807) is 0 Å². The Kier molecular flexibility index (Phi) is 5.08. The normalized spacial score (nSPS) is 11.2. The van der Waals surface area contributed by atoms with Gasteiger partial charge < -0.3 is 10.1 Å². The van der Waals surface area contributed by atoms with E-state index in [1.165, 1.54) is 11.1 Å². The Balaban J connectivity index is 1.62. The number of benzene rings is 3. The molecule has 0 heterocycles. The van der Waals surface area contributed by atoms with E-state index < -0.39 is 0 Å². The van der Waals surface area contributed by atoms with Crippen LogP contribution in [-0.4, -0.2) is 0 Å². The molecule has 0 aliphatic rings. The van der Waals surface area contributed by atoms with Gasteiger partial charge in [-0.05, 0) is 40.8 Å². The molecule has 128 valence electrons. The third-order valence-corrected chi connectivity index (χ3v) is 4.13. The van der Waals surface area contributed by atoms with Crippen LogP contribution in [0.25, 0.3) is 0 Å². The van der Waals surface area contributed by atoms with Crippen molar-refractivity contribution < 1.29 is 4.74 Å². The molecule has 3 aromatic rings.